The maximum absolute atomic E-state index is 12.2. The maximum Gasteiger partial charge on any atom is 0.322 e. The molecule has 1 amide bonds. The number of fused-ring (bicyclic) bond motifs is 2. The third kappa shape index (κ3) is 3.21. The Morgan fingerprint density at radius 3 is 2.77 bits per heavy atom. The predicted octanol–water partition coefficient (Wildman–Crippen LogP) is 3.14. The molecule has 0 spiro atoms. The topological polar surface area (TPSA) is 68.5 Å². The first kappa shape index (κ1) is 16.1. The van der Waals surface area contributed by atoms with Gasteiger partial charge in [0, 0.05) is 6.20 Å². The van der Waals surface area contributed by atoms with Crippen molar-refractivity contribution in [2.45, 2.75) is 13.0 Å². The van der Waals surface area contributed by atoms with Crippen LogP contribution in [0, 0.1) is 0 Å². The van der Waals surface area contributed by atoms with Crippen LogP contribution in [-0.2, 0) is 4.79 Å². The van der Waals surface area contributed by atoms with Crippen LogP contribution in [0.2, 0.25) is 0 Å². The number of nitrogens with zero attached hydrogens (tertiary/aromatic N) is 3. The molecule has 2 aromatic carbocycles. The predicted molar refractivity (Wildman–Crippen MR) is 99.0 cm³/mol. The SMILES string of the molecule is C[C@@H](NC(=O)COc1nnc2ccccn12)c1ccc2ccccc2c1. The lowest BCUT2D eigenvalue weighted by molar-refractivity contribution is -0.123. The number of hydrogen-bond donors (Lipinski definition) is 1. The van der Waals surface area contributed by atoms with Crippen LogP contribution in [-0.4, -0.2) is 27.1 Å². The van der Waals surface area contributed by atoms with Crippen molar-refractivity contribution in [3.05, 3.63) is 72.4 Å². The molecule has 6 heteroatoms. The fourth-order valence-electron chi connectivity index (χ4n) is 2.89. The molecule has 0 fully saturated rings. The van der Waals surface area contributed by atoms with Crippen molar-refractivity contribution in [1.29, 1.82) is 0 Å². The van der Waals surface area contributed by atoms with Crippen LogP contribution in [0.25, 0.3) is 16.4 Å². The van der Waals surface area contributed by atoms with E-state index >= 15 is 0 Å². The number of carbonyl (C=O) groups is 1. The molecule has 0 aliphatic rings. The van der Waals surface area contributed by atoms with Gasteiger partial charge in [-0.1, -0.05) is 47.6 Å². The van der Waals surface area contributed by atoms with E-state index in [1.165, 1.54) is 5.39 Å². The fourth-order valence-corrected chi connectivity index (χ4v) is 2.89. The van der Waals surface area contributed by atoms with Crippen LogP contribution in [0.15, 0.2) is 66.9 Å². The summed E-state index contributed by atoms with van der Waals surface area (Å²) in [5.74, 6) is -0.210. The third-order valence-electron chi connectivity index (χ3n) is 4.27. The van der Waals surface area contributed by atoms with Gasteiger partial charge >= 0.3 is 6.01 Å². The van der Waals surface area contributed by atoms with Crippen LogP contribution < -0.4 is 10.1 Å². The summed E-state index contributed by atoms with van der Waals surface area (Å²) >= 11 is 0. The highest BCUT2D eigenvalue weighted by atomic mass is 16.5. The van der Waals surface area contributed by atoms with E-state index in [-0.39, 0.29) is 18.6 Å². The first-order chi connectivity index (χ1) is 12.7. The average Bonchev–Trinajstić information content (AvgIpc) is 3.09. The molecule has 26 heavy (non-hydrogen) atoms. The minimum Gasteiger partial charge on any atom is -0.453 e. The molecule has 0 saturated heterocycles. The van der Waals surface area contributed by atoms with E-state index in [0.29, 0.717) is 11.7 Å². The van der Waals surface area contributed by atoms with Crippen LogP contribution in [0.1, 0.15) is 18.5 Å². The Hall–Kier alpha value is -3.41. The van der Waals surface area contributed by atoms with Crippen LogP contribution >= 0.6 is 0 Å². The highest BCUT2D eigenvalue weighted by molar-refractivity contribution is 5.83. The Morgan fingerprint density at radius 2 is 1.88 bits per heavy atom. The minimum atomic E-state index is -0.210. The molecular weight excluding hydrogens is 328 g/mol. The average molecular weight is 346 g/mol. The molecule has 1 atom stereocenters. The van der Waals surface area contributed by atoms with Gasteiger partial charge in [0.1, 0.15) is 0 Å². The molecule has 0 bridgehead atoms. The van der Waals surface area contributed by atoms with Gasteiger partial charge in [0.25, 0.3) is 5.91 Å². The summed E-state index contributed by atoms with van der Waals surface area (Å²) in [6.45, 7) is 1.84. The quantitative estimate of drug-likeness (QED) is 0.603. The largest absolute Gasteiger partial charge is 0.453 e. The van der Waals surface area contributed by atoms with Gasteiger partial charge in [-0.3, -0.25) is 9.20 Å². The van der Waals surface area contributed by atoms with Crippen molar-refractivity contribution < 1.29 is 9.53 Å². The normalized spacial score (nSPS) is 12.2. The highest BCUT2D eigenvalue weighted by Gasteiger charge is 2.12. The monoisotopic (exact) mass is 346 g/mol. The number of hydrogen-bond acceptors (Lipinski definition) is 4. The van der Waals surface area contributed by atoms with Gasteiger partial charge in [0.15, 0.2) is 12.3 Å². The molecule has 6 nitrogen and oxygen atoms in total. The maximum atomic E-state index is 12.2. The molecule has 130 valence electrons. The van der Waals surface area contributed by atoms with E-state index in [4.69, 9.17) is 4.74 Å². The standard InChI is InChI=1S/C20H18N4O2/c1-14(16-10-9-15-6-2-3-7-17(15)12-16)21-19(25)13-26-20-23-22-18-8-4-5-11-24(18)20/h2-12,14H,13H2,1H3,(H,21,25)/t14-/m1/s1. The lowest BCUT2D eigenvalue weighted by atomic mass is 10.0. The Bertz CT molecular complexity index is 1070. The molecule has 0 saturated carbocycles. The summed E-state index contributed by atoms with van der Waals surface area (Å²) in [6.07, 6.45) is 1.79. The second kappa shape index (κ2) is 6.84. The Labute approximate surface area is 150 Å². The summed E-state index contributed by atoms with van der Waals surface area (Å²) < 4.78 is 7.20. The van der Waals surface area contributed by atoms with E-state index in [0.717, 1.165) is 10.9 Å². The molecule has 2 aromatic heterocycles. The van der Waals surface area contributed by atoms with E-state index in [1.54, 1.807) is 10.6 Å². The lowest BCUT2D eigenvalue weighted by Crippen LogP contribution is -2.31. The second-order valence-corrected chi connectivity index (χ2v) is 6.10. The zero-order valence-electron chi connectivity index (χ0n) is 14.3. The number of carbonyl (C=O) groups excluding carboxylic acids is 1. The molecule has 0 aliphatic heterocycles. The number of nitrogens with one attached hydrogen (secondary N) is 1. The van der Waals surface area contributed by atoms with Crippen molar-refractivity contribution in [2.75, 3.05) is 6.61 Å². The Morgan fingerprint density at radius 1 is 1.08 bits per heavy atom. The van der Waals surface area contributed by atoms with E-state index in [9.17, 15) is 4.79 Å². The van der Waals surface area contributed by atoms with E-state index < -0.39 is 0 Å². The second-order valence-electron chi connectivity index (χ2n) is 6.10. The molecule has 0 unspecified atom stereocenters. The van der Waals surface area contributed by atoms with E-state index in [1.807, 2.05) is 43.3 Å². The molecular formula is C20H18N4O2. The number of pyridine rings is 1. The summed E-state index contributed by atoms with van der Waals surface area (Å²) in [5.41, 5.74) is 1.72. The zero-order chi connectivity index (χ0) is 17.9. The number of benzene rings is 2. The molecule has 4 aromatic rings. The number of aromatic nitrogens is 3. The first-order valence-corrected chi connectivity index (χ1v) is 8.41. The van der Waals surface area contributed by atoms with Crippen molar-refractivity contribution >= 4 is 22.3 Å². The minimum absolute atomic E-state index is 0.117. The van der Waals surface area contributed by atoms with Crippen LogP contribution in [0.5, 0.6) is 6.01 Å². The van der Waals surface area contributed by atoms with Crippen molar-refractivity contribution in [2.24, 2.45) is 0 Å². The summed E-state index contributed by atoms with van der Waals surface area (Å²) in [4.78, 5) is 12.2. The van der Waals surface area contributed by atoms with Crippen LogP contribution in [0.3, 0.4) is 0 Å². The fraction of sp³-hybridized carbons (Fsp3) is 0.150. The van der Waals surface area contributed by atoms with Gasteiger partial charge in [-0.05, 0) is 41.5 Å². The summed E-state index contributed by atoms with van der Waals surface area (Å²) in [5, 5.41) is 13.2. The third-order valence-corrected chi connectivity index (χ3v) is 4.27. The smallest absolute Gasteiger partial charge is 0.322 e. The van der Waals surface area contributed by atoms with Crippen molar-refractivity contribution in [3.8, 4) is 6.01 Å². The number of ether oxygens (including phenoxy) is 1. The Kier molecular flexibility index (Phi) is 4.23. The van der Waals surface area contributed by atoms with Gasteiger partial charge in [-0.2, -0.15) is 0 Å². The highest BCUT2D eigenvalue weighted by Crippen LogP contribution is 2.20. The molecule has 1 N–H and O–H groups in total. The first-order valence-electron chi connectivity index (χ1n) is 8.41. The molecule has 0 radical (unpaired) electrons. The number of amides is 1. The van der Waals surface area contributed by atoms with Gasteiger partial charge in [-0.15, -0.1) is 5.10 Å². The molecule has 4 rings (SSSR count). The Balaban J connectivity index is 1.40. The van der Waals surface area contributed by atoms with Crippen LogP contribution in [0.4, 0.5) is 0 Å². The summed E-state index contributed by atoms with van der Waals surface area (Å²) in [7, 11) is 0. The van der Waals surface area contributed by atoms with Gasteiger partial charge < -0.3 is 10.1 Å². The van der Waals surface area contributed by atoms with Gasteiger partial charge in [-0.25, -0.2) is 0 Å². The van der Waals surface area contributed by atoms with Crippen molar-refractivity contribution in [3.63, 3.8) is 0 Å². The molecule has 2 heterocycles. The van der Waals surface area contributed by atoms with Gasteiger partial charge in [0.2, 0.25) is 0 Å². The van der Waals surface area contributed by atoms with Crippen molar-refractivity contribution in [1.82, 2.24) is 19.9 Å². The number of rotatable bonds is 5. The van der Waals surface area contributed by atoms with Gasteiger partial charge in [0.05, 0.1) is 6.04 Å². The summed E-state index contributed by atoms with van der Waals surface area (Å²) in [6, 6.07) is 20.1. The zero-order valence-corrected chi connectivity index (χ0v) is 14.3. The van der Waals surface area contributed by atoms with E-state index in [2.05, 4.69) is 39.8 Å². The molecule has 0 aliphatic carbocycles. The lowest BCUT2D eigenvalue weighted by Gasteiger charge is -2.15.